The van der Waals surface area contributed by atoms with Crippen molar-refractivity contribution in [2.75, 3.05) is 13.7 Å². The fraction of sp³-hybridized carbons (Fsp3) is 0.600. The zero-order valence-electron chi connectivity index (χ0n) is 12.8. The number of hydrogen-bond donors (Lipinski definition) is 2. The van der Waals surface area contributed by atoms with Crippen molar-refractivity contribution < 1.29 is 9.53 Å². The third-order valence-corrected chi connectivity index (χ3v) is 3.12. The van der Waals surface area contributed by atoms with Crippen LogP contribution >= 0.6 is 0 Å². The molecular weight excluding hydrogens is 254 g/mol. The van der Waals surface area contributed by atoms with Crippen molar-refractivity contribution >= 4 is 6.03 Å². The first kappa shape index (κ1) is 16.4. The van der Waals surface area contributed by atoms with Gasteiger partial charge in [-0.3, -0.25) is 4.98 Å². The van der Waals surface area contributed by atoms with E-state index in [1.165, 1.54) is 0 Å². The molecule has 2 amide bonds. The van der Waals surface area contributed by atoms with Crippen LogP contribution in [0.3, 0.4) is 0 Å². The molecule has 0 radical (unpaired) electrons. The molecule has 0 saturated heterocycles. The molecule has 0 bridgehead atoms. The van der Waals surface area contributed by atoms with Crippen molar-refractivity contribution in [3.8, 4) is 0 Å². The summed E-state index contributed by atoms with van der Waals surface area (Å²) < 4.78 is 5.10. The van der Waals surface area contributed by atoms with Crippen molar-refractivity contribution in [1.82, 2.24) is 15.6 Å². The van der Waals surface area contributed by atoms with Crippen LogP contribution in [0.1, 0.15) is 32.9 Å². The highest BCUT2D eigenvalue weighted by Gasteiger charge is 2.25. The van der Waals surface area contributed by atoms with Crippen LogP contribution in [0.15, 0.2) is 24.4 Å². The maximum atomic E-state index is 11.9. The van der Waals surface area contributed by atoms with E-state index in [9.17, 15) is 4.79 Å². The van der Waals surface area contributed by atoms with Gasteiger partial charge >= 0.3 is 6.03 Å². The zero-order chi connectivity index (χ0) is 15.0. The first-order valence-electron chi connectivity index (χ1n) is 6.86. The Labute approximate surface area is 121 Å². The Morgan fingerprint density at radius 2 is 2.15 bits per heavy atom. The van der Waals surface area contributed by atoms with Gasteiger partial charge in [-0.1, -0.05) is 26.8 Å². The molecule has 1 atom stereocenters. The number of amides is 2. The second-order valence-corrected chi connectivity index (χ2v) is 5.85. The highest BCUT2D eigenvalue weighted by molar-refractivity contribution is 5.74. The number of aromatic nitrogens is 1. The van der Waals surface area contributed by atoms with Gasteiger partial charge in [0, 0.05) is 26.0 Å². The van der Waals surface area contributed by atoms with Crippen molar-refractivity contribution in [1.29, 1.82) is 0 Å². The van der Waals surface area contributed by atoms with Gasteiger partial charge in [-0.15, -0.1) is 0 Å². The Bertz CT molecular complexity index is 401. The van der Waals surface area contributed by atoms with E-state index in [2.05, 4.69) is 36.4 Å². The molecule has 0 aliphatic rings. The van der Waals surface area contributed by atoms with E-state index >= 15 is 0 Å². The Kier molecular flexibility index (Phi) is 6.45. The molecule has 1 aromatic heterocycles. The third-order valence-electron chi connectivity index (χ3n) is 3.12. The van der Waals surface area contributed by atoms with Crippen molar-refractivity contribution in [3.63, 3.8) is 0 Å². The largest absolute Gasteiger partial charge is 0.385 e. The lowest BCUT2D eigenvalue weighted by atomic mass is 9.85. The molecule has 5 nitrogen and oxygen atoms in total. The second kappa shape index (κ2) is 7.85. The van der Waals surface area contributed by atoms with E-state index in [4.69, 9.17) is 4.74 Å². The highest BCUT2D eigenvalue weighted by Crippen LogP contribution is 2.21. The summed E-state index contributed by atoms with van der Waals surface area (Å²) in [7, 11) is 1.67. The van der Waals surface area contributed by atoms with E-state index in [-0.39, 0.29) is 17.5 Å². The fourth-order valence-electron chi connectivity index (χ4n) is 1.84. The molecule has 1 unspecified atom stereocenters. The summed E-state index contributed by atoms with van der Waals surface area (Å²) in [5.41, 5.74) is 0.827. The van der Waals surface area contributed by atoms with Gasteiger partial charge < -0.3 is 15.4 Å². The van der Waals surface area contributed by atoms with Gasteiger partial charge in [-0.2, -0.15) is 0 Å². The number of hydrogen-bond acceptors (Lipinski definition) is 3. The molecule has 20 heavy (non-hydrogen) atoms. The molecule has 0 saturated carbocycles. The SMILES string of the molecule is COCCC(NC(=O)NCc1ccccn1)C(C)(C)C. The number of rotatable bonds is 6. The molecule has 2 N–H and O–H groups in total. The Morgan fingerprint density at radius 1 is 1.40 bits per heavy atom. The number of urea groups is 1. The minimum Gasteiger partial charge on any atom is -0.385 e. The Morgan fingerprint density at radius 3 is 2.70 bits per heavy atom. The highest BCUT2D eigenvalue weighted by atomic mass is 16.5. The number of methoxy groups -OCH3 is 1. The summed E-state index contributed by atoms with van der Waals surface area (Å²) in [6.45, 7) is 7.36. The lowest BCUT2D eigenvalue weighted by molar-refractivity contribution is 0.153. The van der Waals surface area contributed by atoms with Crippen LogP contribution in [0.4, 0.5) is 4.79 Å². The van der Waals surface area contributed by atoms with Gasteiger partial charge in [0.25, 0.3) is 0 Å². The van der Waals surface area contributed by atoms with Crippen molar-refractivity contribution in [3.05, 3.63) is 30.1 Å². The predicted octanol–water partition coefficient (Wildman–Crippen LogP) is 2.33. The quantitative estimate of drug-likeness (QED) is 0.840. The van der Waals surface area contributed by atoms with Crippen molar-refractivity contribution in [2.45, 2.75) is 39.8 Å². The first-order chi connectivity index (χ1) is 9.43. The van der Waals surface area contributed by atoms with E-state index < -0.39 is 0 Å². The molecule has 5 heteroatoms. The average molecular weight is 279 g/mol. The van der Waals surface area contributed by atoms with Gasteiger partial charge in [0.1, 0.15) is 0 Å². The molecule has 0 fully saturated rings. The summed E-state index contributed by atoms with van der Waals surface area (Å²) in [5, 5.41) is 5.83. The fourth-order valence-corrected chi connectivity index (χ4v) is 1.84. The number of nitrogens with one attached hydrogen (secondary N) is 2. The maximum Gasteiger partial charge on any atom is 0.315 e. The minimum absolute atomic E-state index is 0.0130. The molecule has 1 heterocycles. The predicted molar refractivity (Wildman–Crippen MR) is 79.3 cm³/mol. The normalized spacial score (nSPS) is 12.8. The standard InChI is InChI=1S/C15H25N3O2/c1-15(2,3)13(8-10-20-4)18-14(19)17-11-12-7-5-6-9-16-12/h5-7,9,13H,8,10-11H2,1-4H3,(H2,17,18,19). The zero-order valence-corrected chi connectivity index (χ0v) is 12.8. The molecule has 0 spiro atoms. The van der Waals surface area contributed by atoms with Crippen LogP contribution in [-0.4, -0.2) is 30.8 Å². The maximum absolute atomic E-state index is 11.9. The molecule has 1 aromatic rings. The van der Waals surface area contributed by atoms with Crippen LogP contribution in [0, 0.1) is 5.41 Å². The summed E-state index contributed by atoms with van der Waals surface area (Å²) in [5.74, 6) is 0. The van der Waals surface area contributed by atoms with Crippen LogP contribution < -0.4 is 10.6 Å². The Hall–Kier alpha value is -1.62. The van der Waals surface area contributed by atoms with E-state index in [0.717, 1.165) is 12.1 Å². The molecular formula is C15H25N3O2. The van der Waals surface area contributed by atoms with E-state index in [1.807, 2.05) is 18.2 Å². The van der Waals surface area contributed by atoms with Crippen LogP contribution in [-0.2, 0) is 11.3 Å². The minimum atomic E-state index is -0.174. The van der Waals surface area contributed by atoms with Crippen molar-refractivity contribution in [2.24, 2.45) is 5.41 Å². The average Bonchev–Trinajstić information content (AvgIpc) is 2.41. The number of pyridine rings is 1. The lowest BCUT2D eigenvalue weighted by Gasteiger charge is -2.31. The molecule has 1 rings (SSSR count). The van der Waals surface area contributed by atoms with E-state index in [1.54, 1.807) is 13.3 Å². The van der Waals surface area contributed by atoms with Gasteiger partial charge in [0.15, 0.2) is 0 Å². The van der Waals surface area contributed by atoms with Crippen LogP contribution in [0.5, 0.6) is 0 Å². The summed E-state index contributed by atoms with van der Waals surface area (Å²) in [4.78, 5) is 16.1. The monoisotopic (exact) mass is 279 g/mol. The van der Waals surface area contributed by atoms with Gasteiger partial charge in [0.05, 0.1) is 12.2 Å². The Balaban J connectivity index is 2.45. The van der Waals surface area contributed by atoms with Gasteiger partial charge in [0.2, 0.25) is 0 Å². The molecule has 0 aliphatic heterocycles. The number of nitrogens with zero attached hydrogens (tertiary/aromatic N) is 1. The van der Waals surface area contributed by atoms with Crippen LogP contribution in [0.25, 0.3) is 0 Å². The molecule has 0 aromatic carbocycles. The lowest BCUT2D eigenvalue weighted by Crippen LogP contribution is -2.48. The van der Waals surface area contributed by atoms with Gasteiger partial charge in [-0.25, -0.2) is 4.79 Å². The first-order valence-corrected chi connectivity index (χ1v) is 6.86. The summed E-state index contributed by atoms with van der Waals surface area (Å²) in [6, 6.07) is 5.52. The van der Waals surface area contributed by atoms with Gasteiger partial charge in [-0.05, 0) is 24.0 Å². The summed E-state index contributed by atoms with van der Waals surface area (Å²) >= 11 is 0. The summed E-state index contributed by atoms with van der Waals surface area (Å²) in [6.07, 6.45) is 2.50. The number of carbonyl (C=O) groups is 1. The molecule has 112 valence electrons. The molecule has 0 aliphatic carbocycles. The smallest absolute Gasteiger partial charge is 0.315 e. The van der Waals surface area contributed by atoms with E-state index in [0.29, 0.717) is 13.2 Å². The topological polar surface area (TPSA) is 63.2 Å². The number of carbonyl (C=O) groups excluding carboxylic acids is 1. The number of ether oxygens (including phenoxy) is 1. The van der Waals surface area contributed by atoms with Crippen LogP contribution in [0.2, 0.25) is 0 Å². The second-order valence-electron chi connectivity index (χ2n) is 5.85. The third kappa shape index (κ3) is 6.02.